The van der Waals surface area contributed by atoms with Gasteiger partial charge in [0.2, 0.25) is 9.05 Å². The molecule has 0 amide bonds. The zero-order valence-corrected chi connectivity index (χ0v) is 15.0. The SMILES string of the molecule is CCCCCCCCOCC(CS(=O)(=O)Cl)C(C)(C)C. The zero-order chi connectivity index (χ0) is 15.6. The van der Waals surface area contributed by atoms with Crippen molar-refractivity contribution in [1.29, 1.82) is 0 Å². The van der Waals surface area contributed by atoms with Gasteiger partial charge in [-0.15, -0.1) is 0 Å². The van der Waals surface area contributed by atoms with Crippen LogP contribution in [0.1, 0.15) is 66.2 Å². The highest BCUT2D eigenvalue weighted by Crippen LogP contribution is 2.28. The van der Waals surface area contributed by atoms with Crippen LogP contribution in [0.25, 0.3) is 0 Å². The Morgan fingerprint density at radius 1 is 1.05 bits per heavy atom. The lowest BCUT2D eigenvalue weighted by atomic mass is 9.82. The molecule has 1 atom stereocenters. The number of rotatable bonds is 11. The monoisotopic (exact) mass is 326 g/mol. The summed E-state index contributed by atoms with van der Waals surface area (Å²) in [6, 6.07) is 0. The van der Waals surface area contributed by atoms with Crippen molar-refractivity contribution in [1.82, 2.24) is 0 Å². The Morgan fingerprint density at radius 2 is 1.60 bits per heavy atom. The van der Waals surface area contributed by atoms with Crippen LogP contribution in [0.5, 0.6) is 0 Å². The third-order valence-electron chi connectivity index (χ3n) is 3.59. The fraction of sp³-hybridized carbons (Fsp3) is 1.00. The summed E-state index contributed by atoms with van der Waals surface area (Å²) in [6.07, 6.45) is 7.36. The summed E-state index contributed by atoms with van der Waals surface area (Å²) >= 11 is 0. The number of halogens is 1. The Hall–Kier alpha value is 0.200. The first kappa shape index (κ1) is 20.2. The molecule has 122 valence electrons. The van der Waals surface area contributed by atoms with E-state index >= 15 is 0 Å². The van der Waals surface area contributed by atoms with E-state index in [0.717, 1.165) is 6.42 Å². The van der Waals surface area contributed by atoms with Gasteiger partial charge < -0.3 is 4.74 Å². The van der Waals surface area contributed by atoms with E-state index in [1.165, 1.54) is 32.1 Å². The molecule has 0 spiro atoms. The fourth-order valence-electron chi connectivity index (χ4n) is 2.00. The summed E-state index contributed by atoms with van der Waals surface area (Å²) in [5, 5.41) is 0. The lowest BCUT2D eigenvalue weighted by Gasteiger charge is -2.29. The van der Waals surface area contributed by atoms with Crippen molar-refractivity contribution < 1.29 is 13.2 Å². The molecule has 0 aliphatic carbocycles. The summed E-state index contributed by atoms with van der Waals surface area (Å²) in [5.41, 5.74) is -0.122. The summed E-state index contributed by atoms with van der Waals surface area (Å²) < 4.78 is 28.1. The largest absolute Gasteiger partial charge is 0.381 e. The minimum atomic E-state index is -3.47. The molecule has 0 rings (SSSR count). The molecule has 1 unspecified atom stereocenters. The van der Waals surface area contributed by atoms with Gasteiger partial charge in [0.1, 0.15) is 0 Å². The Bertz CT molecular complexity index is 334. The highest BCUT2D eigenvalue weighted by Gasteiger charge is 2.29. The first-order valence-electron chi connectivity index (χ1n) is 7.67. The molecule has 0 aromatic rings. The van der Waals surface area contributed by atoms with E-state index in [-0.39, 0.29) is 17.1 Å². The van der Waals surface area contributed by atoms with Crippen molar-refractivity contribution in [2.45, 2.75) is 66.2 Å². The molecule has 0 aliphatic heterocycles. The highest BCUT2D eigenvalue weighted by atomic mass is 35.7. The maximum atomic E-state index is 11.2. The van der Waals surface area contributed by atoms with Crippen LogP contribution in [-0.4, -0.2) is 27.4 Å². The van der Waals surface area contributed by atoms with Gasteiger partial charge >= 0.3 is 0 Å². The maximum absolute atomic E-state index is 11.2. The van der Waals surface area contributed by atoms with E-state index in [2.05, 4.69) is 6.92 Å². The minimum absolute atomic E-state index is 0.0193. The number of hydrogen-bond acceptors (Lipinski definition) is 3. The lowest BCUT2D eigenvalue weighted by Crippen LogP contribution is -2.30. The Morgan fingerprint density at radius 3 is 2.10 bits per heavy atom. The summed E-state index contributed by atoms with van der Waals surface area (Å²) in [5.74, 6) is -0.0840. The van der Waals surface area contributed by atoms with Crippen LogP contribution in [0, 0.1) is 11.3 Å². The van der Waals surface area contributed by atoms with Crippen molar-refractivity contribution in [3.05, 3.63) is 0 Å². The Labute approximate surface area is 129 Å². The van der Waals surface area contributed by atoms with Crippen LogP contribution in [-0.2, 0) is 13.8 Å². The molecular formula is C15H31ClO3S. The van der Waals surface area contributed by atoms with E-state index in [0.29, 0.717) is 13.2 Å². The van der Waals surface area contributed by atoms with Gasteiger partial charge in [-0.25, -0.2) is 8.42 Å². The van der Waals surface area contributed by atoms with E-state index in [9.17, 15) is 8.42 Å². The summed E-state index contributed by atoms with van der Waals surface area (Å²) in [7, 11) is 1.89. The van der Waals surface area contributed by atoms with Gasteiger partial charge in [-0.05, 0) is 11.8 Å². The first-order valence-corrected chi connectivity index (χ1v) is 10.1. The van der Waals surface area contributed by atoms with Gasteiger partial charge in [-0.1, -0.05) is 59.8 Å². The molecule has 5 heteroatoms. The van der Waals surface area contributed by atoms with Crippen molar-refractivity contribution in [2.75, 3.05) is 19.0 Å². The quantitative estimate of drug-likeness (QED) is 0.412. The highest BCUT2D eigenvalue weighted by molar-refractivity contribution is 8.13. The fourth-order valence-corrected chi connectivity index (χ4v) is 3.53. The second-order valence-electron chi connectivity index (χ2n) is 6.61. The molecule has 0 saturated carbocycles. The van der Waals surface area contributed by atoms with Crippen LogP contribution < -0.4 is 0 Å². The molecule has 0 heterocycles. The first-order chi connectivity index (χ1) is 9.17. The molecule has 0 N–H and O–H groups in total. The molecule has 0 saturated heterocycles. The molecule has 3 nitrogen and oxygen atoms in total. The van der Waals surface area contributed by atoms with Crippen LogP contribution >= 0.6 is 10.7 Å². The third kappa shape index (κ3) is 12.0. The van der Waals surface area contributed by atoms with Crippen LogP contribution in [0.3, 0.4) is 0 Å². The summed E-state index contributed by atoms with van der Waals surface area (Å²) in [6.45, 7) is 9.45. The van der Waals surface area contributed by atoms with Gasteiger partial charge in [0, 0.05) is 23.2 Å². The smallest absolute Gasteiger partial charge is 0.232 e. The predicted octanol–water partition coefficient (Wildman–Crippen LogP) is 4.59. The standard InChI is InChI=1S/C15H31ClO3S/c1-5-6-7-8-9-10-11-19-12-14(15(2,3)4)13-20(16,17)18/h14H,5-13H2,1-4H3. The normalized spacial score (nSPS) is 14.4. The van der Waals surface area contributed by atoms with E-state index < -0.39 is 9.05 Å². The van der Waals surface area contributed by atoms with Crippen molar-refractivity contribution >= 4 is 19.7 Å². The topological polar surface area (TPSA) is 43.4 Å². The van der Waals surface area contributed by atoms with Crippen LogP contribution in [0.4, 0.5) is 0 Å². The van der Waals surface area contributed by atoms with E-state index in [1.54, 1.807) is 0 Å². The Balaban J connectivity index is 3.87. The van der Waals surface area contributed by atoms with Crippen LogP contribution in [0.2, 0.25) is 0 Å². The predicted molar refractivity (Wildman–Crippen MR) is 86.8 cm³/mol. The molecule has 20 heavy (non-hydrogen) atoms. The number of ether oxygens (including phenoxy) is 1. The van der Waals surface area contributed by atoms with Gasteiger partial charge in [0.25, 0.3) is 0 Å². The Kier molecular flexibility index (Phi) is 10.1. The molecular weight excluding hydrogens is 296 g/mol. The van der Waals surface area contributed by atoms with Gasteiger partial charge in [-0.3, -0.25) is 0 Å². The van der Waals surface area contributed by atoms with E-state index in [1.807, 2.05) is 20.8 Å². The van der Waals surface area contributed by atoms with Crippen molar-refractivity contribution in [3.63, 3.8) is 0 Å². The molecule has 0 aliphatic rings. The lowest BCUT2D eigenvalue weighted by molar-refractivity contribution is 0.0632. The zero-order valence-electron chi connectivity index (χ0n) is 13.5. The van der Waals surface area contributed by atoms with E-state index in [4.69, 9.17) is 15.4 Å². The van der Waals surface area contributed by atoms with Gasteiger partial charge in [0.15, 0.2) is 0 Å². The molecule has 0 bridgehead atoms. The average Bonchev–Trinajstić information content (AvgIpc) is 2.28. The minimum Gasteiger partial charge on any atom is -0.381 e. The second kappa shape index (κ2) is 10.0. The third-order valence-corrected chi connectivity index (χ3v) is 4.76. The molecule has 0 aromatic carbocycles. The molecule has 0 radical (unpaired) electrons. The van der Waals surface area contributed by atoms with Gasteiger partial charge in [-0.2, -0.15) is 0 Å². The van der Waals surface area contributed by atoms with Gasteiger partial charge in [0.05, 0.1) is 12.4 Å². The van der Waals surface area contributed by atoms with Crippen LogP contribution in [0.15, 0.2) is 0 Å². The van der Waals surface area contributed by atoms with Crippen molar-refractivity contribution in [3.8, 4) is 0 Å². The number of hydrogen-bond donors (Lipinski definition) is 0. The molecule has 0 fully saturated rings. The molecule has 0 aromatic heterocycles. The second-order valence-corrected chi connectivity index (χ2v) is 9.43. The van der Waals surface area contributed by atoms with Crippen molar-refractivity contribution in [2.24, 2.45) is 11.3 Å². The average molecular weight is 327 g/mol. The number of unbranched alkanes of at least 4 members (excludes halogenated alkanes) is 5. The maximum Gasteiger partial charge on any atom is 0.232 e. The summed E-state index contributed by atoms with van der Waals surface area (Å²) in [4.78, 5) is 0.